The van der Waals surface area contributed by atoms with Crippen LogP contribution < -0.4 is 9.62 Å². The van der Waals surface area contributed by atoms with E-state index in [4.69, 9.17) is 0 Å². The van der Waals surface area contributed by atoms with Gasteiger partial charge in [-0.25, -0.2) is 8.42 Å². The number of carbonyl (C=O) groups excluding carboxylic acids is 1. The molecule has 0 aromatic heterocycles. The number of carbonyl (C=O) groups is 1. The van der Waals surface area contributed by atoms with Crippen LogP contribution in [0.4, 0.5) is 11.4 Å². The first-order valence-electron chi connectivity index (χ1n) is 8.02. The van der Waals surface area contributed by atoms with Crippen LogP contribution in [0.15, 0.2) is 70.0 Å². The van der Waals surface area contributed by atoms with Crippen LogP contribution >= 0.6 is 15.9 Å². The number of anilines is 2. The van der Waals surface area contributed by atoms with Gasteiger partial charge in [0.25, 0.3) is 10.0 Å². The molecule has 0 bridgehead atoms. The molecule has 3 aromatic carbocycles. The molecule has 0 saturated carbocycles. The average Bonchev–Trinajstić information content (AvgIpc) is 2.83. The molecule has 1 N–H and O–H groups in total. The summed E-state index contributed by atoms with van der Waals surface area (Å²) in [6.07, 6.45) is 0. The lowest BCUT2D eigenvalue weighted by Crippen LogP contribution is -2.43. The maximum absolute atomic E-state index is 13.1. The summed E-state index contributed by atoms with van der Waals surface area (Å²) < 4.78 is 28.1. The molecule has 1 aliphatic rings. The minimum Gasteiger partial charge on any atom is -0.324 e. The Balaban J connectivity index is 1.74. The summed E-state index contributed by atoms with van der Waals surface area (Å²) in [7, 11) is -3.78. The lowest BCUT2D eigenvalue weighted by Gasteiger charge is -2.25. The standard InChI is InChI=1S/C19H15BrN2O3S/c1-12(19(23)21-15-8-4-7-14(20)11-15)22-16-9-2-5-13-6-3-10-17(18(13)16)26(22,24)25/h2-12H,1H3,(H,21,23)/t12-/m1/s1. The highest BCUT2D eigenvalue weighted by Crippen LogP contribution is 2.43. The molecule has 0 radical (unpaired) electrons. The van der Waals surface area contributed by atoms with E-state index < -0.39 is 22.0 Å². The number of benzene rings is 3. The fourth-order valence-corrected chi connectivity index (χ4v) is 5.52. The van der Waals surface area contributed by atoms with Gasteiger partial charge in [0.2, 0.25) is 5.91 Å². The van der Waals surface area contributed by atoms with E-state index in [9.17, 15) is 13.2 Å². The summed E-state index contributed by atoms with van der Waals surface area (Å²) in [5.74, 6) is -0.392. The number of amides is 1. The van der Waals surface area contributed by atoms with Gasteiger partial charge in [0, 0.05) is 15.5 Å². The van der Waals surface area contributed by atoms with E-state index in [-0.39, 0.29) is 4.90 Å². The number of nitrogens with one attached hydrogen (secondary N) is 1. The van der Waals surface area contributed by atoms with Crippen molar-refractivity contribution in [3.05, 3.63) is 65.1 Å². The van der Waals surface area contributed by atoms with Crippen LogP contribution in [0, 0.1) is 0 Å². The van der Waals surface area contributed by atoms with E-state index in [0.717, 1.165) is 9.86 Å². The molecule has 0 saturated heterocycles. The van der Waals surface area contributed by atoms with Crippen molar-refractivity contribution >= 4 is 54.0 Å². The molecule has 4 rings (SSSR count). The van der Waals surface area contributed by atoms with Crippen molar-refractivity contribution in [2.24, 2.45) is 0 Å². The molecule has 132 valence electrons. The molecule has 0 aliphatic carbocycles. The van der Waals surface area contributed by atoms with E-state index in [0.29, 0.717) is 16.8 Å². The SMILES string of the molecule is C[C@H](C(=O)Nc1cccc(Br)c1)N1c2cccc3cccc(c23)S1(=O)=O. The predicted octanol–water partition coefficient (Wildman–Crippen LogP) is 4.14. The van der Waals surface area contributed by atoms with E-state index in [1.165, 1.54) is 4.31 Å². The van der Waals surface area contributed by atoms with Crippen molar-refractivity contribution in [2.45, 2.75) is 17.9 Å². The van der Waals surface area contributed by atoms with Gasteiger partial charge in [-0.05, 0) is 42.6 Å². The fraction of sp³-hybridized carbons (Fsp3) is 0.105. The minimum atomic E-state index is -3.78. The van der Waals surface area contributed by atoms with Crippen LogP contribution in [-0.4, -0.2) is 20.4 Å². The minimum absolute atomic E-state index is 0.243. The number of halogens is 1. The molecule has 1 amide bonds. The quantitative estimate of drug-likeness (QED) is 0.678. The van der Waals surface area contributed by atoms with Crippen molar-refractivity contribution in [3.63, 3.8) is 0 Å². The molecule has 7 heteroatoms. The molecule has 1 aliphatic heterocycles. The topological polar surface area (TPSA) is 66.5 Å². The molecule has 0 fully saturated rings. The Labute approximate surface area is 159 Å². The molecule has 1 atom stereocenters. The van der Waals surface area contributed by atoms with Crippen LogP contribution in [0.2, 0.25) is 0 Å². The molecule has 1 heterocycles. The molecular weight excluding hydrogens is 416 g/mol. The van der Waals surface area contributed by atoms with E-state index in [1.54, 1.807) is 49.4 Å². The smallest absolute Gasteiger partial charge is 0.265 e. The van der Waals surface area contributed by atoms with E-state index in [2.05, 4.69) is 21.2 Å². The number of hydrogen-bond acceptors (Lipinski definition) is 3. The van der Waals surface area contributed by atoms with Crippen LogP contribution in [-0.2, 0) is 14.8 Å². The van der Waals surface area contributed by atoms with Crippen LogP contribution in [0.1, 0.15) is 6.92 Å². The monoisotopic (exact) mass is 430 g/mol. The Hall–Kier alpha value is -2.38. The number of hydrogen-bond donors (Lipinski definition) is 1. The Bertz CT molecular complexity index is 1140. The van der Waals surface area contributed by atoms with Gasteiger partial charge < -0.3 is 5.32 Å². The first-order chi connectivity index (χ1) is 12.4. The number of nitrogens with zero attached hydrogens (tertiary/aromatic N) is 1. The predicted molar refractivity (Wildman–Crippen MR) is 106 cm³/mol. The fourth-order valence-electron chi connectivity index (χ4n) is 3.26. The Morgan fingerprint density at radius 3 is 2.50 bits per heavy atom. The van der Waals surface area contributed by atoms with Gasteiger partial charge in [-0.2, -0.15) is 0 Å². The van der Waals surface area contributed by atoms with Gasteiger partial charge in [-0.3, -0.25) is 9.10 Å². The Morgan fingerprint density at radius 1 is 1.08 bits per heavy atom. The highest BCUT2D eigenvalue weighted by Gasteiger charge is 2.40. The van der Waals surface area contributed by atoms with Crippen molar-refractivity contribution in [3.8, 4) is 0 Å². The highest BCUT2D eigenvalue weighted by atomic mass is 79.9. The van der Waals surface area contributed by atoms with Crippen LogP contribution in [0.3, 0.4) is 0 Å². The first-order valence-corrected chi connectivity index (χ1v) is 10.3. The third-order valence-electron chi connectivity index (χ3n) is 4.44. The van der Waals surface area contributed by atoms with Crippen molar-refractivity contribution in [1.29, 1.82) is 0 Å². The average molecular weight is 431 g/mol. The third-order valence-corrected chi connectivity index (χ3v) is 6.86. The van der Waals surface area contributed by atoms with E-state index in [1.807, 2.05) is 18.2 Å². The lowest BCUT2D eigenvalue weighted by molar-refractivity contribution is -0.116. The summed E-state index contributed by atoms with van der Waals surface area (Å²) in [5.41, 5.74) is 1.14. The summed E-state index contributed by atoms with van der Waals surface area (Å²) in [4.78, 5) is 13.0. The maximum Gasteiger partial charge on any atom is 0.265 e. The molecule has 0 spiro atoms. The second-order valence-electron chi connectivity index (χ2n) is 6.11. The second kappa shape index (κ2) is 6.10. The van der Waals surface area contributed by atoms with Gasteiger partial charge in [-0.15, -0.1) is 0 Å². The normalized spacial score (nSPS) is 15.8. The summed E-state index contributed by atoms with van der Waals surface area (Å²) in [6.45, 7) is 1.59. The van der Waals surface area contributed by atoms with Crippen molar-refractivity contribution in [1.82, 2.24) is 0 Å². The Morgan fingerprint density at radius 2 is 1.77 bits per heavy atom. The highest BCUT2D eigenvalue weighted by molar-refractivity contribution is 9.10. The van der Waals surface area contributed by atoms with Gasteiger partial charge in [0.05, 0.1) is 10.6 Å². The van der Waals surface area contributed by atoms with Crippen LogP contribution in [0.25, 0.3) is 10.8 Å². The maximum atomic E-state index is 13.1. The summed E-state index contributed by atoms with van der Waals surface area (Å²) in [5, 5.41) is 4.28. The van der Waals surface area contributed by atoms with Gasteiger partial charge in [0.15, 0.2) is 0 Å². The number of sulfonamides is 1. The zero-order valence-corrected chi connectivity index (χ0v) is 16.2. The molecule has 3 aromatic rings. The van der Waals surface area contributed by atoms with Gasteiger partial charge >= 0.3 is 0 Å². The molecular formula is C19H15BrN2O3S. The Kier molecular flexibility index (Phi) is 4.00. The zero-order valence-electron chi connectivity index (χ0n) is 13.8. The van der Waals surface area contributed by atoms with E-state index >= 15 is 0 Å². The third kappa shape index (κ3) is 2.59. The van der Waals surface area contributed by atoms with Crippen LogP contribution in [0.5, 0.6) is 0 Å². The zero-order chi connectivity index (χ0) is 18.5. The first kappa shape index (κ1) is 17.1. The van der Waals surface area contributed by atoms with Gasteiger partial charge in [0.1, 0.15) is 6.04 Å². The summed E-state index contributed by atoms with van der Waals surface area (Å²) >= 11 is 3.35. The number of rotatable bonds is 3. The van der Waals surface area contributed by atoms with Crippen molar-refractivity contribution in [2.75, 3.05) is 9.62 Å². The molecule has 5 nitrogen and oxygen atoms in total. The van der Waals surface area contributed by atoms with Gasteiger partial charge in [-0.1, -0.05) is 46.3 Å². The van der Waals surface area contributed by atoms with Crippen molar-refractivity contribution < 1.29 is 13.2 Å². The summed E-state index contributed by atoms with van der Waals surface area (Å²) in [6, 6.07) is 16.8. The molecule has 0 unspecified atom stereocenters. The lowest BCUT2D eigenvalue weighted by atomic mass is 10.1. The second-order valence-corrected chi connectivity index (χ2v) is 8.81. The largest absolute Gasteiger partial charge is 0.324 e. The molecule has 26 heavy (non-hydrogen) atoms.